The van der Waals surface area contributed by atoms with Crippen molar-refractivity contribution >= 4 is 11.5 Å². The molecule has 2 aliphatic rings. The summed E-state index contributed by atoms with van der Waals surface area (Å²) in [6.07, 6.45) is 2.26. The Bertz CT molecular complexity index is 595. The van der Waals surface area contributed by atoms with E-state index in [0.29, 0.717) is 31.2 Å². The minimum atomic E-state index is -0.369. The molecule has 1 aromatic rings. The van der Waals surface area contributed by atoms with Gasteiger partial charge in [0.2, 0.25) is 11.7 Å². The number of rotatable bonds is 3. The molecule has 22 heavy (non-hydrogen) atoms. The highest BCUT2D eigenvalue weighted by atomic mass is 16.6. The highest BCUT2D eigenvalue weighted by Gasteiger charge is 2.36. The molecule has 7 heteroatoms. The molecule has 0 aromatic carbocycles. The van der Waals surface area contributed by atoms with Crippen LogP contribution in [0, 0.1) is 16.0 Å². The Kier molecular flexibility index (Phi) is 3.68. The molecule has 7 nitrogen and oxygen atoms in total. The van der Waals surface area contributed by atoms with Crippen molar-refractivity contribution in [1.82, 2.24) is 4.98 Å². The first-order chi connectivity index (χ1) is 10.4. The van der Waals surface area contributed by atoms with Crippen molar-refractivity contribution in [2.45, 2.75) is 38.7 Å². The molecule has 1 fully saturated rings. The first-order valence-corrected chi connectivity index (χ1v) is 7.63. The zero-order valence-electron chi connectivity index (χ0n) is 12.9. The van der Waals surface area contributed by atoms with Gasteiger partial charge in [0, 0.05) is 37.7 Å². The second-order valence-electron chi connectivity index (χ2n) is 6.70. The Morgan fingerprint density at radius 3 is 2.77 bits per heavy atom. The van der Waals surface area contributed by atoms with Gasteiger partial charge in [-0.3, -0.25) is 10.1 Å². The number of aromatic nitrogens is 1. The number of hydrogen-bond donors (Lipinski definition) is 1. The van der Waals surface area contributed by atoms with Crippen LogP contribution in [-0.4, -0.2) is 40.3 Å². The lowest BCUT2D eigenvalue weighted by Crippen LogP contribution is -2.35. The summed E-state index contributed by atoms with van der Waals surface area (Å²) >= 11 is 0. The molecule has 0 spiro atoms. The molecule has 1 saturated heterocycles. The van der Waals surface area contributed by atoms with E-state index in [2.05, 4.69) is 4.98 Å². The van der Waals surface area contributed by atoms with Crippen LogP contribution < -0.4 is 9.64 Å². The lowest BCUT2D eigenvalue weighted by atomic mass is 9.97. The number of fused-ring (bicyclic) bond motifs is 1. The van der Waals surface area contributed by atoms with E-state index in [1.54, 1.807) is 6.07 Å². The fourth-order valence-corrected chi connectivity index (χ4v) is 3.18. The lowest BCUT2D eigenvalue weighted by molar-refractivity contribution is -0.384. The number of aliphatic hydroxyl groups excluding tert-OH is 1. The minimum absolute atomic E-state index is 0.0440. The molecule has 3 heterocycles. The standard InChI is InChI=1S/C15H21N3O4/c1-15(2)8-11-7-12(18(20)21)13(16-14(11)22-15)17-5-3-10(9-19)4-6-17/h7,10,19H,3-6,8-9H2,1-2H3. The van der Waals surface area contributed by atoms with Gasteiger partial charge in [-0.25, -0.2) is 0 Å². The quantitative estimate of drug-likeness (QED) is 0.678. The first-order valence-electron chi connectivity index (χ1n) is 7.63. The minimum Gasteiger partial charge on any atom is -0.471 e. The number of aliphatic hydroxyl groups is 1. The van der Waals surface area contributed by atoms with Crippen molar-refractivity contribution < 1.29 is 14.8 Å². The fraction of sp³-hybridized carbons (Fsp3) is 0.667. The van der Waals surface area contributed by atoms with Crippen LogP contribution in [0.3, 0.4) is 0 Å². The van der Waals surface area contributed by atoms with Gasteiger partial charge in [0.1, 0.15) is 5.60 Å². The Balaban J connectivity index is 1.92. The number of hydrogen-bond acceptors (Lipinski definition) is 6. The highest BCUT2D eigenvalue weighted by Crippen LogP contribution is 2.40. The van der Waals surface area contributed by atoms with E-state index in [1.807, 2.05) is 18.7 Å². The average molecular weight is 307 g/mol. The van der Waals surface area contributed by atoms with Crippen LogP contribution in [0.25, 0.3) is 0 Å². The Hall–Kier alpha value is -1.89. The van der Waals surface area contributed by atoms with Crippen molar-refractivity contribution in [1.29, 1.82) is 0 Å². The van der Waals surface area contributed by atoms with Gasteiger partial charge < -0.3 is 14.7 Å². The summed E-state index contributed by atoms with van der Waals surface area (Å²) in [5, 5.41) is 20.6. The zero-order chi connectivity index (χ0) is 15.9. The molecule has 0 unspecified atom stereocenters. The van der Waals surface area contributed by atoms with Gasteiger partial charge in [-0.05, 0) is 32.6 Å². The van der Waals surface area contributed by atoms with Crippen molar-refractivity contribution in [3.63, 3.8) is 0 Å². The van der Waals surface area contributed by atoms with Crippen LogP contribution in [0.1, 0.15) is 32.3 Å². The summed E-state index contributed by atoms with van der Waals surface area (Å²) in [6, 6.07) is 1.60. The molecule has 1 aromatic heterocycles. The Labute approximate surface area is 129 Å². The number of ether oxygens (including phenoxy) is 1. The van der Waals surface area contributed by atoms with E-state index in [1.165, 1.54) is 0 Å². The van der Waals surface area contributed by atoms with Gasteiger partial charge in [-0.2, -0.15) is 4.98 Å². The van der Waals surface area contributed by atoms with E-state index in [-0.39, 0.29) is 28.7 Å². The van der Waals surface area contributed by atoms with Gasteiger partial charge in [0.25, 0.3) is 0 Å². The lowest BCUT2D eigenvalue weighted by Gasteiger charge is -2.31. The molecule has 0 aliphatic carbocycles. The molecule has 0 bridgehead atoms. The summed E-state index contributed by atoms with van der Waals surface area (Å²) in [4.78, 5) is 17.4. The van der Waals surface area contributed by atoms with Gasteiger partial charge in [-0.15, -0.1) is 0 Å². The van der Waals surface area contributed by atoms with E-state index in [0.717, 1.165) is 18.4 Å². The average Bonchev–Trinajstić information content (AvgIpc) is 2.78. The second-order valence-corrected chi connectivity index (χ2v) is 6.70. The van der Waals surface area contributed by atoms with E-state index in [9.17, 15) is 15.2 Å². The highest BCUT2D eigenvalue weighted by molar-refractivity contribution is 5.62. The molecule has 120 valence electrons. The summed E-state index contributed by atoms with van der Waals surface area (Å²) < 4.78 is 5.80. The third-order valence-electron chi connectivity index (χ3n) is 4.38. The molecule has 2 aliphatic heterocycles. The van der Waals surface area contributed by atoms with E-state index >= 15 is 0 Å². The largest absolute Gasteiger partial charge is 0.471 e. The summed E-state index contributed by atoms with van der Waals surface area (Å²) in [6.45, 7) is 5.41. The van der Waals surface area contributed by atoms with Crippen LogP contribution in [0.15, 0.2) is 6.07 Å². The second kappa shape index (κ2) is 5.39. The molecule has 1 N–H and O–H groups in total. The van der Waals surface area contributed by atoms with Gasteiger partial charge in [-0.1, -0.05) is 0 Å². The monoisotopic (exact) mass is 307 g/mol. The predicted octanol–water partition coefficient (Wildman–Crippen LogP) is 1.91. The molecule has 0 amide bonds. The number of piperidine rings is 1. The van der Waals surface area contributed by atoms with Gasteiger partial charge in [0.05, 0.1) is 4.92 Å². The topological polar surface area (TPSA) is 88.7 Å². The number of pyridine rings is 1. The Morgan fingerprint density at radius 1 is 1.50 bits per heavy atom. The van der Waals surface area contributed by atoms with E-state index in [4.69, 9.17) is 4.74 Å². The molecular formula is C15H21N3O4. The first kappa shape index (κ1) is 15.0. The van der Waals surface area contributed by atoms with Crippen molar-refractivity contribution in [2.24, 2.45) is 5.92 Å². The number of anilines is 1. The van der Waals surface area contributed by atoms with Crippen LogP contribution in [0.5, 0.6) is 5.88 Å². The van der Waals surface area contributed by atoms with Crippen molar-refractivity contribution in [2.75, 3.05) is 24.6 Å². The number of nitro groups is 1. The predicted molar refractivity (Wildman–Crippen MR) is 81.3 cm³/mol. The van der Waals surface area contributed by atoms with Crippen LogP contribution in [0.2, 0.25) is 0 Å². The molecule has 0 atom stereocenters. The molecule has 0 radical (unpaired) electrons. The maximum absolute atomic E-state index is 11.4. The Morgan fingerprint density at radius 2 is 2.18 bits per heavy atom. The molecule has 3 rings (SSSR count). The smallest absolute Gasteiger partial charge is 0.312 e. The summed E-state index contributed by atoms with van der Waals surface area (Å²) in [5.41, 5.74) is 0.472. The number of nitrogens with zero attached hydrogens (tertiary/aromatic N) is 3. The van der Waals surface area contributed by atoms with Gasteiger partial charge >= 0.3 is 5.69 Å². The third-order valence-corrected chi connectivity index (χ3v) is 4.38. The third kappa shape index (κ3) is 2.72. The van der Waals surface area contributed by atoms with E-state index < -0.39 is 0 Å². The normalized spacial score (nSPS) is 20.6. The van der Waals surface area contributed by atoms with Crippen LogP contribution >= 0.6 is 0 Å². The van der Waals surface area contributed by atoms with Crippen molar-refractivity contribution in [3.05, 3.63) is 21.7 Å². The van der Waals surface area contributed by atoms with Crippen molar-refractivity contribution in [3.8, 4) is 5.88 Å². The van der Waals surface area contributed by atoms with Crippen LogP contribution in [0.4, 0.5) is 11.5 Å². The summed E-state index contributed by atoms with van der Waals surface area (Å²) in [7, 11) is 0. The fourth-order valence-electron chi connectivity index (χ4n) is 3.18. The zero-order valence-corrected chi connectivity index (χ0v) is 12.9. The molecular weight excluding hydrogens is 286 g/mol. The SMILES string of the molecule is CC1(C)Cc2cc([N+](=O)[O-])c(N3CCC(CO)CC3)nc2O1. The van der Waals surface area contributed by atoms with Gasteiger partial charge in [0.15, 0.2) is 0 Å². The molecule has 0 saturated carbocycles. The maximum Gasteiger partial charge on any atom is 0.312 e. The van der Waals surface area contributed by atoms with Crippen LogP contribution in [-0.2, 0) is 6.42 Å². The summed E-state index contributed by atoms with van der Waals surface area (Å²) in [5.74, 6) is 1.17. The maximum atomic E-state index is 11.4.